The molecule has 2 N–H and O–H groups in total. The van der Waals surface area contributed by atoms with Gasteiger partial charge in [0.05, 0.1) is 25.3 Å². The van der Waals surface area contributed by atoms with Gasteiger partial charge in [-0.1, -0.05) is 0 Å². The first-order chi connectivity index (χ1) is 9.67. The van der Waals surface area contributed by atoms with Crippen molar-refractivity contribution in [1.29, 1.82) is 0 Å². The number of carbonyl (C=O) groups is 1. The minimum atomic E-state index is -0.281. The van der Waals surface area contributed by atoms with Crippen molar-refractivity contribution in [2.24, 2.45) is 0 Å². The number of urea groups is 1. The molecule has 0 saturated carbocycles. The lowest BCUT2D eigenvalue weighted by Crippen LogP contribution is -2.37. The summed E-state index contributed by atoms with van der Waals surface area (Å²) in [5.74, 6) is 1.34. The van der Waals surface area contributed by atoms with Gasteiger partial charge in [0.1, 0.15) is 5.76 Å². The van der Waals surface area contributed by atoms with Crippen LogP contribution in [0.25, 0.3) is 0 Å². The molecule has 0 spiro atoms. The average Bonchev–Trinajstić information content (AvgIpc) is 2.92. The summed E-state index contributed by atoms with van der Waals surface area (Å²) >= 11 is 0. The molecule has 2 aromatic rings. The highest BCUT2D eigenvalue weighted by Gasteiger charge is 2.09. The first kappa shape index (κ1) is 13.9. The smallest absolute Gasteiger partial charge is 0.319 e. The van der Waals surface area contributed by atoms with E-state index in [1.54, 1.807) is 25.5 Å². The van der Waals surface area contributed by atoms with Gasteiger partial charge >= 0.3 is 6.03 Å². The molecule has 0 aromatic carbocycles. The molecule has 1 atom stereocenters. The summed E-state index contributed by atoms with van der Waals surface area (Å²) in [5.41, 5.74) is 0.605. The van der Waals surface area contributed by atoms with Crippen LogP contribution in [-0.2, 0) is 6.42 Å². The van der Waals surface area contributed by atoms with Crippen LogP contribution >= 0.6 is 0 Å². The normalized spacial score (nSPS) is 11.7. The maximum atomic E-state index is 11.8. The van der Waals surface area contributed by atoms with Gasteiger partial charge in [0.2, 0.25) is 5.88 Å². The molecule has 6 nitrogen and oxygen atoms in total. The summed E-state index contributed by atoms with van der Waals surface area (Å²) in [5, 5.41) is 5.53. The van der Waals surface area contributed by atoms with Crippen molar-refractivity contribution < 1.29 is 13.9 Å². The number of pyridine rings is 1. The van der Waals surface area contributed by atoms with Crippen molar-refractivity contribution in [3.63, 3.8) is 0 Å². The molecule has 2 amide bonds. The maximum absolute atomic E-state index is 11.8. The molecule has 0 aliphatic carbocycles. The van der Waals surface area contributed by atoms with Crippen LogP contribution in [-0.4, -0.2) is 24.2 Å². The molecular formula is C14H17N3O3. The van der Waals surface area contributed by atoms with Crippen LogP contribution in [0.5, 0.6) is 5.88 Å². The highest BCUT2D eigenvalue weighted by Crippen LogP contribution is 2.11. The fourth-order valence-electron chi connectivity index (χ4n) is 1.75. The molecule has 2 rings (SSSR count). The Morgan fingerprint density at radius 3 is 2.90 bits per heavy atom. The van der Waals surface area contributed by atoms with Crippen molar-refractivity contribution in [1.82, 2.24) is 10.3 Å². The van der Waals surface area contributed by atoms with E-state index < -0.39 is 0 Å². The molecule has 106 valence electrons. The lowest BCUT2D eigenvalue weighted by molar-refractivity contribution is 0.248. The van der Waals surface area contributed by atoms with Gasteiger partial charge in [-0.05, 0) is 25.1 Å². The number of carbonyl (C=O) groups excluding carboxylic acids is 1. The van der Waals surface area contributed by atoms with E-state index in [2.05, 4.69) is 15.6 Å². The fraction of sp³-hybridized carbons (Fsp3) is 0.286. The molecule has 20 heavy (non-hydrogen) atoms. The Balaban J connectivity index is 1.82. The van der Waals surface area contributed by atoms with Crippen molar-refractivity contribution in [2.45, 2.75) is 19.4 Å². The van der Waals surface area contributed by atoms with E-state index in [0.717, 1.165) is 5.76 Å². The molecule has 0 unspecified atom stereocenters. The number of methoxy groups -OCH3 is 1. The predicted molar refractivity (Wildman–Crippen MR) is 74.8 cm³/mol. The Bertz CT molecular complexity index is 537. The number of anilines is 1. The number of rotatable bonds is 5. The zero-order valence-electron chi connectivity index (χ0n) is 11.4. The quantitative estimate of drug-likeness (QED) is 0.878. The summed E-state index contributed by atoms with van der Waals surface area (Å²) in [6.07, 6.45) is 3.79. The number of amides is 2. The molecule has 0 aliphatic rings. The molecule has 0 aliphatic heterocycles. The van der Waals surface area contributed by atoms with Gasteiger partial charge in [0, 0.05) is 18.5 Å². The van der Waals surface area contributed by atoms with Crippen LogP contribution in [0.15, 0.2) is 41.1 Å². The van der Waals surface area contributed by atoms with Crippen LogP contribution < -0.4 is 15.4 Å². The summed E-state index contributed by atoms with van der Waals surface area (Å²) in [6, 6.07) is 6.79. The monoisotopic (exact) mass is 275 g/mol. The van der Waals surface area contributed by atoms with E-state index in [1.807, 2.05) is 19.1 Å². The van der Waals surface area contributed by atoms with E-state index in [9.17, 15) is 4.79 Å². The molecule has 0 saturated heterocycles. The first-order valence-electron chi connectivity index (χ1n) is 6.27. The second-order valence-electron chi connectivity index (χ2n) is 4.37. The Kier molecular flexibility index (Phi) is 4.60. The third-order valence-electron chi connectivity index (χ3n) is 2.67. The molecule has 0 radical (unpaired) electrons. The van der Waals surface area contributed by atoms with Gasteiger partial charge in [-0.25, -0.2) is 9.78 Å². The summed E-state index contributed by atoms with van der Waals surface area (Å²) in [7, 11) is 1.54. The fourth-order valence-corrected chi connectivity index (χ4v) is 1.75. The zero-order chi connectivity index (χ0) is 14.4. The Morgan fingerprint density at radius 2 is 2.30 bits per heavy atom. The largest absolute Gasteiger partial charge is 0.481 e. The van der Waals surface area contributed by atoms with Gasteiger partial charge in [-0.15, -0.1) is 0 Å². The first-order valence-corrected chi connectivity index (χ1v) is 6.27. The van der Waals surface area contributed by atoms with Crippen LogP contribution in [0, 0.1) is 0 Å². The van der Waals surface area contributed by atoms with E-state index >= 15 is 0 Å². The van der Waals surface area contributed by atoms with Crippen molar-refractivity contribution in [3.05, 3.63) is 42.5 Å². The second kappa shape index (κ2) is 6.60. The van der Waals surface area contributed by atoms with Crippen molar-refractivity contribution >= 4 is 11.7 Å². The lowest BCUT2D eigenvalue weighted by atomic mass is 10.2. The third kappa shape index (κ3) is 4.01. The van der Waals surface area contributed by atoms with Gasteiger partial charge < -0.3 is 19.8 Å². The van der Waals surface area contributed by atoms with Crippen LogP contribution in [0.1, 0.15) is 12.7 Å². The minimum Gasteiger partial charge on any atom is -0.481 e. The van der Waals surface area contributed by atoms with Crippen molar-refractivity contribution in [3.8, 4) is 5.88 Å². The lowest BCUT2D eigenvalue weighted by Gasteiger charge is -2.13. The summed E-state index contributed by atoms with van der Waals surface area (Å²) < 4.78 is 10.2. The van der Waals surface area contributed by atoms with Crippen LogP contribution in [0.4, 0.5) is 10.5 Å². The molecule has 2 aromatic heterocycles. The van der Waals surface area contributed by atoms with Crippen molar-refractivity contribution in [2.75, 3.05) is 12.4 Å². The van der Waals surface area contributed by atoms with Gasteiger partial charge in [-0.3, -0.25) is 0 Å². The van der Waals surface area contributed by atoms with Gasteiger partial charge in [-0.2, -0.15) is 0 Å². The van der Waals surface area contributed by atoms with E-state index in [-0.39, 0.29) is 12.1 Å². The van der Waals surface area contributed by atoms with E-state index in [4.69, 9.17) is 9.15 Å². The number of hydrogen-bond donors (Lipinski definition) is 2. The Morgan fingerprint density at radius 1 is 1.45 bits per heavy atom. The van der Waals surface area contributed by atoms with E-state index in [1.165, 1.54) is 6.20 Å². The number of nitrogens with zero attached hydrogens (tertiary/aromatic N) is 1. The van der Waals surface area contributed by atoms with Gasteiger partial charge in [0.25, 0.3) is 0 Å². The van der Waals surface area contributed by atoms with Crippen LogP contribution in [0.3, 0.4) is 0 Å². The summed E-state index contributed by atoms with van der Waals surface area (Å²) in [4.78, 5) is 15.8. The third-order valence-corrected chi connectivity index (χ3v) is 2.67. The molecular weight excluding hydrogens is 258 g/mol. The Hall–Kier alpha value is -2.50. The number of ether oxygens (including phenoxy) is 1. The SMILES string of the molecule is COc1ccc(NC(=O)N[C@@H](C)Cc2ccco2)cn1. The van der Waals surface area contributed by atoms with E-state index in [0.29, 0.717) is 18.0 Å². The maximum Gasteiger partial charge on any atom is 0.319 e. The number of hydrogen-bond acceptors (Lipinski definition) is 4. The zero-order valence-corrected chi connectivity index (χ0v) is 11.4. The minimum absolute atomic E-state index is 0.0349. The van der Waals surface area contributed by atoms with Crippen LogP contribution in [0.2, 0.25) is 0 Å². The summed E-state index contributed by atoms with van der Waals surface area (Å²) in [6.45, 7) is 1.91. The number of nitrogens with one attached hydrogen (secondary N) is 2. The molecule has 0 fully saturated rings. The van der Waals surface area contributed by atoms with Gasteiger partial charge in [0.15, 0.2) is 0 Å². The average molecular weight is 275 g/mol. The highest BCUT2D eigenvalue weighted by atomic mass is 16.5. The molecule has 2 heterocycles. The highest BCUT2D eigenvalue weighted by molar-refractivity contribution is 5.89. The Labute approximate surface area is 117 Å². The number of furan rings is 1. The molecule has 0 bridgehead atoms. The standard InChI is InChI=1S/C14H17N3O3/c1-10(8-12-4-3-7-20-12)16-14(18)17-11-5-6-13(19-2)15-9-11/h3-7,9-10H,8H2,1-2H3,(H2,16,17,18)/t10-/m0/s1. The number of aromatic nitrogens is 1. The second-order valence-corrected chi connectivity index (χ2v) is 4.37. The molecule has 6 heteroatoms. The topological polar surface area (TPSA) is 76.4 Å². The predicted octanol–water partition coefficient (Wildman–Crippen LogP) is 2.44.